The molecule has 1 aliphatic heterocycles. The number of nitro benzene ring substituents is 1. The molecule has 1 unspecified atom stereocenters. The number of carbonyl (C=O) groups excluding carboxylic acids is 1. The van der Waals surface area contributed by atoms with E-state index in [1.54, 1.807) is 4.90 Å². The lowest BCUT2D eigenvalue weighted by Crippen LogP contribution is -2.31. The summed E-state index contributed by atoms with van der Waals surface area (Å²) in [5, 5.41) is 12.1. The second kappa shape index (κ2) is 7.44. The van der Waals surface area contributed by atoms with Gasteiger partial charge in [0.1, 0.15) is 11.1 Å². The van der Waals surface area contributed by atoms with Gasteiger partial charge in [0.2, 0.25) is 5.88 Å². The number of rotatable bonds is 4. The van der Waals surface area contributed by atoms with Crippen LogP contribution in [0.15, 0.2) is 54.6 Å². The van der Waals surface area contributed by atoms with Gasteiger partial charge in [-0.3, -0.25) is 14.9 Å². The first-order valence-corrected chi connectivity index (χ1v) is 9.15. The summed E-state index contributed by atoms with van der Waals surface area (Å²) in [6.45, 7) is 0.900. The zero-order valence-corrected chi connectivity index (χ0v) is 15.5. The summed E-state index contributed by atoms with van der Waals surface area (Å²) in [5.41, 5.74) is 0.805. The SMILES string of the molecule is O=C(c1ccc(Cl)c([N+](=O)[O-])c1)N1CCC(Oc2ccc3ccccc3n2)C1. The molecule has 3 aromatic rings. The van der Waals surface area contributed by atoms with E-state index < -0.39 is 4.92 Å². The summed E-state index contributed by atoms with van der Waals surface area (Å²) < 4.78 is 5.95. The van der Waals surface area contributed by atoms with E-state index >= 15 is 0 Å². The van der Waals surface area contributed by atoms with Crippen molar-refractivity contribution in [1.29, 1.82) is 0 Å². The van der Waals surface area contributed by atoms with E-state index in [9.17, 15) is 14.9 Å². The van der Waals surface area contributed by atoms with Crippen molar-refractivity contribution in [3.63, 3.8) is 0 Å². The number of carbonyl (C=O) groups is 1. The van der Waals surface area contributed by atoms with Gasteiger partial charge < -0.3 is 9.64 Å². The lowest BCUT2D eigenvalue weighted by Gasteiger charge is -2.17. The fraction of sp³-hybridized carbons (Fsp3) is 0.200. The average Bonchev–Trinajstić information content (AvgIpc) is 3.16. The molecule has 1 saturated heterocycles. The first-order valence-electron chi connectivity index (χ1n) is 8.77. The van der Waals surface area contributed by atoms with E-state index in [1.807, 2.05) is 36.4 Å². The smallest absolute Gasteiger partial charge is 0.288 e. The summed E-state index contributed by atoms with van der Waals surface area (Å²) in [7, 11) is 0. The molecule has 1 aromatic heterocycles. The third-order valence-corrected chi connectivity index (χ3v) is 5.00. The molecule has 4 rings (SSSR count). The minimum absolute atomic E-state index is 0.00607. The molecule has 142 valence electrons. The Morgan fingerprint density at radius 3 is 2.86 bits per heavy atom. The number of fused-ring (bicyclic) bond motifs is 1. The number of halogens is 1. The van der Waals surface area contributed by atoms with Gasteiger partial charge in [0.15, 0.2) is 0 Å². The van der Waals surface area contributed by atoms with Crippen LogP contribution < -0.4 is 4.74 Å². The van der Waals surface area contributed by atoms with Crippen LogP contribution >= 0.6 is 11.6 Å². The number of nitrogens with zero attached hydrogens (tertiary/aromatic N) is 3. The van der Waals surface area contributed by atoms with E-state index in [-0.39, 0.29) is 28.3 Å². The second-order valence-electron chi connectivity index (χ2n) is 6.55. The Balaban J connectivity index is 1.45. The monoisotopic (exact) mass is 397 g/mol. The number of benzene rings is 2. The molecule has 1 fully saturated rings. The van der Waals surface area contributed by atoms with Gasteiger partial charge in [0, 0.05) is 36.0 Å². The van der Waals surface area contributed by atoms with Crippen LogP contribution in [0.3, 0.4) is 0 Å². The number of para-hydroxylation sites is 1. The number of nitro groups is 1. The fourth-order valence-electron chi connectivity index (χ4n) is 3.26. The predicted octanol–water partition coefficient (Wildman–Crippen LogP) is 4.09. The number of likely N-dealkylation sites (tertiary alicyclic amines) is 1. The van der Waals surface area contributed by atoms with Crippen LogP contribution in [0.2, 0.25) is 5.02 Å². The predicted molar refractivity (Wildman–Crippen MR) is 105 cm³/mol. The molecule has 0 aliphatic carbocycles. The van der Waals surface area contributed by atoms with Gasteiger partial charge in [-0.1, -0.05) is 29.8 Å². The maximum atomic E-state index is 12.7. The molecule has 28 heavy (non-hydrogen) atoms. The first kappa shape index (κ1) is 18.2. The van der Waals surface area contributed by atoms with E-state index in [4.69, 9.17) is 16.3 Å². The highest BCUT2D eigenvalue weighted by molar-refractivity contribution is 6.32. The zero-order valence-electron chi connectivity index (χ0n) is 14.7. The highest BCUT2D eigenvalue weighted by Crippen LogP contribution is 2.27. The van der Waals surface area contributed by atoms with Gasteiger partial charge in [-0.15, -0.1) is 0 Å². The van der Waals surface area contributed by atoms with E-state index in [0.717, 1.165) is 10.9 Å². The molecular formula is C20H16ClN3O4. The Morgan fingerprint density at radius 2 is 2.04 bits per heavy atom. The fourth-order valence-corrected chi connectivity index (χ4v) is 3.45. The maximum absolute atomic E-state index is 12.7. The summed E-state index contributed by atoms with van der Waals surface area (Å²) in [4.78, 5) is 29.2. The van der Waals surface area contributed by atoms with Crippen LogP contribution in [-0.2, 0) is 0 Å². The largest absolute Gasteiger partial charge is 0.472 e. The van der Waals surface area contributed by atoms with Crippen LogP contribution in [0.4, 0.5) is 5.69 Å². The summed E-state index contributed by atoms with van der Waals surface area (Å²) >= 11 is 5.82. The van der Waals surface area contributed by atoms with Crippen LogP contribution in [-0.4, -0.2) is 39.9 Å². The molecule has 2 heterocycles. The molecular weight excluding hydrogens is 382 g/mol. The lowest BCUT2D eigenvalue weighted by molar-refractivity contribution is -0.384. The molecule has 0 saturated carbocycles. The lowest BCUT2D eigenvalue weighted by atomic mass is 10.2. The summed E-state index contributed by atoms with van der Waals surface area (Å²) in [6, 6.07) is 15.6. The molecule has 0 bridgehead atoms. The van der Waals surface area contributed by atoms with Crippen LogP contribution in [0.1, 0.15) is 16.8 Å². The minimum Gasteiger partial charge on any atom is -0.472 e. The molecule has 7 nitrogen and oxygen atoms in total. The van der Waals surface area contributed by atoms with Crippen molar-refractivity contribution in [3.8, 4) is 5.88 Å². The van der Waals surface area contributed by atoms with Gasteiger partial charge in [0.05, 0.1) is 17.0 Å². The number of pyridine rings is 1. The number of aromatic nitrogens is 1. The first-order chi connectivity index (χ1) is 13.5. The number of ether oxygens (including phenoxy) is 1. The molecule has 0 N–H and O–H groups in total. The Kier molecular flexibility index (Phi) is 4.83. The quantitative estimate of drug-likeness (QED) is 0.489. The van der Waals surface area contributed by atoms with E-state index in [0.29, 0.717) is 25.4 Å². The van der Waals surface area contributed by atoms with Crippen LogP contribution in [0, 0.1) is 10.1 Å². The van der Waals surface area contributed by atoms with E-state index in [2.05, 4.69) is 4.98 Å². The average molecular weight is 398 g/mol. The normalized spacial score (nSPS) is 16.3. The zero-order chi connectivity index (χ0) is 19.7. The molecule has 2 aromatic carbocycles. The van der Waals surface area contributed by atoms with Gasteiger partial charge in [-0.25, -0.2) is 4.98 Å². The topological polar surface area (TPSA) is 85.6 Å². The van der Waals surface area contributed by atoms with Crippen molar-refractivity contribution < 1.29 is 14.5 Å². The standard InChI is InChI=1S/C20H16ClN3O4/c21-16-7-5-14(11-18(16)24(26)27)20(25)23-10-9-15(12-23)28-19-8-6-13-3-1-2-4-17(13)22-19/h1-8,11,15H,9-10,12H2. The van der Waals surface area contributed by atoms with Crippen LogP contribution in [0.25, 0.3) is 10.9 Å². The van der Waals surface area contributed by atoms with Gasteiger partial charge in [-0.2, -0.15) is 0 Å². The van der Waals surface area contributed by atoms with Crippen molar-refractivity contribution in [2.24, 2.45) is 0 Å². The van der Waals surface area contributed by atoms with Crippen molar-refractivity contribution >= 4 is 34.1 Å². The molecule has 0 radical (unpaired) electrons. The summed E-state index contributed by atoms with van der Waals surface area (Å²) in [6.07, 6.45) is 0.482. The van der Waals surface area contributed by atoms with Gasteiger partial charge in [-0.05, 0) is 24.3 Å². The van der Waals surface area contributed by atoms with Gasteiger partial charge in [0.25, 0.3) is 11.6 Å². The molecule has 8 heteroatoms. The third kappa shape index (κ3) is 3.61. The molecule has 1 amide bonds. The third-order valence-electron chi connectivity index (χ3n) is 4.68. The molecule has 1 aliphatic rings. The van der Waals surface area contributed by atoms with Gasteiger partial charge >= 0.3 is 0 Å². The molecule has 1 atom stereocenters. The highest BCUT2D eigenvalue weighted by Gasteiger charge is 2.29. The second-order valence-corrected chi connectivity index (χ2v) is 6.95. The van der Waals surface area contributed by atoms with Crippen molar-refractivity contribution in [3.05, 3.63) is 75.3 Å². The Bertz CT molecular complexity index is 1070. The number of hydrogen-bond donors (Lipinski definition) is 0. The van der Waals surface area contributed by atoms with E-state index in [1.165, 1.54) is 18.2 Å². The number of hydrogen-bond acceptors (Lipinski definition) is 5. The highest BCUT2D eigenvalue weighted by atomic mass is 35.5. The van der Waals surface area contributed by atoms with Crippen molar-refractivity contribution in [2.45, 2.75) is 12.5 Å². The summed E-state index contributed by atoms with van der Waals surface area (Å²) in [5.74, 6) is 0.234. The minimum atomic E-state index is -0.597. The Labute approximate surface area is 165 Å². The van der Waals surface area contributed by atoms with Crippen molar-refractivity contribution in [1.82, 2.24) is 9.88 Å². The van der Waals surface area contributed by atoms with Crippen LogP contribution in [0.5, 0.6) is 5.88 Å². The maximum Gasteiger partial charge on any atom is 0.288 e. The molecule has 0 spiro atoms. The van der Waals surface area contributed by atoms with Crippen molar-refractivity contribution in [2.75, 3.05) is 13.1 Å². The number of amides is 1. The Morgan fingerprint density at radius 1 is 1.21 bits per heavy atom. The Hall–Kier alpha value is -3.19.